The van der Waals surface area contributed by atoms with Crippen molar-refractivity contribution in [2.24, 2.45) is 0 Å². The van der Waals surface area contributed by atoms with E-state index >= 15 is 0 Å². The molecule has 0 aliphatic heterocycles. The molecule has 0 aromatic carbocycles. The molecular weight excluding hydrogens is 278 g/mol. The molecule has 1 aromatic rings. The minimum Gasteiger partial charge on any atom is -0.467 e. The third-order valence-corrected chi connectivity index (χ3v) is 3.36. The van der Waals surface area contributed by atoms with Gasteiger partial charge in [-0.1, -0.05) is 6.92 Å². The number of nitrogens with zero attached hydrogens (tertiary/aromatic N) is 3. The predicted octanol–water partition coefficient (Wildman–Crippen LogP) is 1.27. The summed E-state index contributed by atoms with van der Waals surface area (Å²) >= 11 is 0. The summed E-state index contributed by atoms with van der Waals surface area (Å²) in [5.41, 5.74) is 0. The van der Waals surface area contributed by atoms with Crippen LogP contribution in [-0.2, 0) is 10.8 Å². The van der Waals surface area contributed by atoms with Gasteiger partial charge in [0.2, 0.25) is 11.9 Å². The summed E-state index contributed by atoms with van der Waals surface area (Å²) in [7, 11) is 0.731. The SMILES string of the molecule is CCCNc1nc(NC(C)CCS(C)=O)nc(OC)n1. The monoisotopic (exact) mass is 301 g/mol. The highest BCUT2D eigenvalue weighted by Crippen LogP contribution is 2.12. The zero-order chi connectivity index (χ0) is 15.0. The van der Waals surface area contributed by atoms with Gasteiger partial charge in [0.05, 0.1) is 7.11 Å². The van der Waals surface area contributed by atoms with E-state index in [0.717, 1.165) is 19.4 Å². The molecule has 2 atom stereocenters. The molecule has 0 aliphatic carbocycles. The average Bonchev–Trinajstić information content (AvgIpc) is 2.42. The fourth-order valence-electron chi connectivity index (χ4n) is 1.46. The summed E-state index contributed by atoms with van der Waals surface area (Å²) in [5, 5.41) is 6.27. The molecule has 1 heterocycles. The number of anilines is 2. The lowest BCUT2D eigenvalue weighted by Crippen LogP contribution is -2.20. The van der Waals surface area contributed by atoms with Gasteiger partial charge >= 0.3 is 6.01 Å². The van der Waals surface area contributed by atoms with Crippen LogP contribution in [0.15, 0.2) is 0 Å². The highest BCUT2D eigenvalue weighted by Gasteiger charge is 2.09. The van der Waals surface area contributed by atoms with Crippen LogP contribution in [0.3, 0.4) is 0 Å². The number of rotatable bonds is 9. The first kappa shape index (κ1) is 16.6. The third kappa shape index (κ3) is 6.14. The van der Waals surface area contributed by atoms with Crippen molar-refractivity contribution in [3.05, 3.63) is 0 Å². The van der Waals surface area contributed by atoms with E-state index < -0.39 is 10.8 Å². The Labute approximate surface area is 122 Å². The van der Waals surface area contributed by atoms with Crippen LogP contribution in [0, 0.1) is 0 Å². The minimum atomic E-state index is -0.789. The predicted molar refractivity (Wildman–Crippen MR) is 81.8 cm³/mol. The lowest BCUT2D eigenvalue weighted by atomic mass is 10.3. The number of nitrogens with one attached hydrogen (secondary N) is 2. The first-order valence-corrected chi connectivity index (χ1v) is 8.38. The molecule has 114 valence electrons. The molecule has 0 amide bonds. The van der Waals surface area contributed by atoms with Crippen molar-refractivity contribution >= 4 is 22.7 Å². The Morgan fingerprint density at radius 3 is 2.60 bits per heavy atom. The molecule has 0 aliphatic rings. The summed E-state index contributed by atoms with van der Waals surface area (Å²) in [6.07, 6.45) is 3.47. The molecule has 0 fully saturated rings. The topological polar surface area (TPSA) is 89.0 Å². The Hall–Kier alpha value is -1.44. The summed E-state index contributed by atoms with van der Waals surface area (Å²) in [6, 6.07) is 0.400. The molecule has 2 N–H and O–H groups in total. The van der Waals surface area contributed by atoms with Gasteiger partial charge in [-0.2, -0.15) is 15.0 Å². The van der Waals surface area contributed by atoms with Crippen LogP contribution in [0.25, 0.3) is 0 Å². The van der Waals surface area contributed by atoms with Crippen LogP contribution in [0.2, 0.25) is 0 Å². The van der Waals surface area contributed by atoms with E-state index in [-0.39, 0.29) is 12.1 Å². The number of ether oxygens (including phenoxy) is 1. The highest BCUT2D eigenvalue weighted by molar-refractivity contribution is 7.84. The molecule has 0 radical (unpaired) electrons. The molecule has 0 saturated heterocycles. The highest BCUT2D eigenvalue weighted by atomic mass is 32.2. The Bertz CT molecular complexity index is 444. The molecule has 2 unspecified atom stereocenters. The van der Waals surface area contributed by atoms with E-state index in [9.17, 15) is 4.21 Å². The van der Waals surface area contributed by atoms with Gasteiger partial charge in [-0.15, -0.1) is 0 Å². The molecule has 7 nitrogen and oxygen atoms in total. The molecule has 1 rings (SSSR count). The van der Waals surface area contributed by atoms with Gasteiger partial charge in [0, 0.05) is 35.4 Å². The number of hydrogen-bond donors (Lipinski definition) is 2. The van der Waals surface area contributed by atoms with Crippen LogP contribution < -0.4 is 15.4 Å². The average molecular weight is 301 g/mol. The van der Waals surface area contributed by atoms with E-state index in [0.29, 0.717) is 17.6 Å². The molecular formula is C12H23N5O2S. The van der Waals surface area contributed by atoms with Crippen LogP contribution in [-0.4, -0.2) is 50.9 Å². The zero-order valence-corrected chi connectivity index (χ0v) is 13.3. The fraction of sp³-hybridized carbons (Fsp3) is 0.750. The van der Waals surface area contributed by atoms with E-state index in [2.05, 4.69) is 32.5 Å². The second-order valence-corrected chi connectivity index (χ2v) is 6.06. The van der Waals surface area contributed by atoms with Crippen molar-refractivity contribution < 1.29 is 8.95 Å². The maximum absolute atomic E-state index is 11.1. The van der Waals surface area contributed by atoms with Gasteiger partial charge in [0.25, 0.3) is 0 Å². The Morgan fingerprint density at radius 1 is 1.30 bits per heavy atom. The van der Waals surface area contributed by atoms with Crippen LogP contribution >= 0.6 is 0 Å². The second kappa shape index (κ2) is 8.68. The van der Waals surface area contributed by atoms with Gasteiger partial charge < -0.3 is 15.4 Å². The van der Waals surface area contributed by atoms with Crippen molar-refractivity contribution in [2.45, 2.75) is 32.7 Å². The lowest BCUT2D eigenvalue weighted by Gasteiger charge is -2.14. The quantitative estimate of drug-likeness (QED) is 0.710. The van der Waals surface area contributed by atoms with Gasteiger partial charge in [-0.25, -0.2) is 0 Å². The normalized spacial score (nSPS) is 13.6. The number of methoxy groups -OCH3 is 1. The largest absolute Gasteiger partial charge is 0.467 e. The van der Waals surface area contributed by atoms with E-state index in [1.54, 1.807) is 6.26 Å². The summed E-state index contributed by atoms with van der Waals surface area (Å²) in [6.45, 7) is 4.86. The third-order valence-electron chi connectivity index (χ3n) is 2.54. The molecule has 20 heavy (non-hydrogen) atoms. The standard InChI is InChI=1S/C12H23N5O2S/c1-5-7-13-10-15-11(17-12(16-10)19-3)14-9(2)6-8-20(4)18/h9H,5-8H2,1-4H3,(H2,13,14,15,16,17). The molecule has 0 bridgehead atoms. The van der Waals surface area contributed by atoms with Crippen molar-refractivity contribution in [1.29, 1.82) is 0 Å². The molecule has 1 aromatic heterocycles. The Morgan fingerprint density at radius 2 is 2.00 bits per heavy atom. The van der Waals surface area contributed by atoms with Gasteiger partial charge in [0.1, 0.15) is 0 Å². The van der Waals surface area contributed by atoms with Crippen molar-refractivity contribution in [3.63, 3.8) is 0 Å². The Balaban J connectivity index is 2.69. The summed E-state index contributed by atoms with van der Waals surface area (Å²) in [4.78, 5) is 12.6. The number of aromatic nitrogens is 3. The van der Waals surface area contributed by atoms with E-state index in [1.165, 1.54) is 7.11 Å². The van der Waals surface area contributed by atoms with E-state index in [1.807, 2.05) is 6.92 Å². The first-order chi connectivity index (χ1) is 9.55. The Kier molecular flexibility index (Phi) is 7.21. The van der Waals surface area contributed by atoms with Gasteiger partial charge in [-0.3, -0.25) is 4.21 Å². The molecule has 0 spiro atoms. The van der Waals surface area contributed by atoms with Crippen LogP contribution in [0.5, 0.6) is 6.01 Å². The minimum absolute atomic E-state index is 0.130. The fourth-order valence-corrected chi connectivity index (χ4v) is 2.15. The number of hydrogen-bond acceptors (Lipinski definition) is 7. The zero-order valence-electron chi connectivity index (χ0n) is 12.5. The smallest absolute Gasteiger partial charge is 0.322 e. The molecule has 0 saturated carbocycles. The first-order valence-electron chi connectivity index (χ1n) is 6.65. The summed E-state index contributed by atoms with van der Waals surface area (Å²) in [5.74, 6) is 1.61. The van der Waals surface area contributed by atoms with Crippen molar-refractivity contribution in [1.82, 2.24) is 15.0 Å². The van der Waals surface area contributed by atoms with Crippen LogP contribution in [0.4, 0.5) is 11.9 Å². The van der Waals surface area contributed by atoms with Crippen molar-refractivity contribution in [2.75, 3.05) is 36.3 Å². The second-order valence-electron chi connectivity index (χ2n) is 4.51. The maximum atomic E-state index is 11.1. The summed E-state index contributed by atoms with van der Waals surface area (Å²) < 4.78 is 16.1. The maximum Gasteiger partial charge on any atom is 0.322 e. The lowest BCUT2D eigenvalue weighted by molar-refractivity contribution is 0.379. The van der Waals surface area contributed by atoms with Crippen LogP contribution in [0.1, 0.15) is 26.7 Å². The van der Waals surface area contributed by atoms with Gasteiger partial charge in [0.15, 0.2) is 0 Å². The van der Waals surface area contributed by atoms with Gasteiger partial charge in [-0.05, 0) is 19.8 Å². The van der Waals surface area contributed by atoms with E-state index in [4.69, 9.17) is 4.74 Å². The van der Waals surface area contributed by atoms with Crippen molar-refractivity contribution in [3.8, 4) is 6.01 Å². The molecule has 8 heteroatoms.